The van der Waals surface area contributed by atoms with Gasteiger partial charge in [0.2, 0.25) is 5.91 Å². The smallest absolute Gasteiger partial charge is 0.222 e. The maximum absolute atomic E-state index is 12.1. The van der Waals surface area contributed by atoms with Crippen LogP contribution in [-0.2, 0) is 11.2 Å². The number of nitrogens with zero attached hydrogens (tertiary/aromatic N) is 1. The largest absolute Gasteiger partial charge is 0.341 e. The number of hydrogen-bond acceptors (Lipinski definition) is 2. The molecule has 1 saturated heterocycles. The highest BCUT2D eigenvalue weighted by Crippen LogP contribution is 2.18. The van der Waals surface area contributed by atoms with E-state index in [9.17, 15) is 4.79 Å². The highest BCUT2D eigenvalue weighted by atomic mass is 79.9. The third-order valence-electron chi connectivity index (χ3n) is 3.83. The van der Waals surface area contributed by atoms with Gasteiger partial charge < -0.3 is 10.2 Å². The molecule has 104 valence electrons. The highest BCUT2D eigenvalue weighted by Gasteiger charge is 2.22. The van der Waals surface area contributed by atoms with Crippen molar-refractivity contribution in [2.24, 2.45) is 0 Å². The topological polar surface area (TPSA) is 32.3 Å². The lowest BCUT2D eigenvalue weighted by atomic mass is 10.1. The predicted octanol–water partition coefficient (Wildman–Crippen LogP) is 2.51. The van der Waals surface area contributed by atoms with Crippen molar-refractivity contribution in [3.05, 3.63) is 33.8 Å². The highest BCUT2D eigenvalue weighted by molar-refractivity contribution is 9.10. The summed E-state index contributed by atoms with van der Waals surface area (Å²) in [5.41, 5.74) is 2.45. The molecular weight excluding hydrogens is 304 g/mol. The van der Waals surface area contributed by atoms with E-state index in [1.807, 2.05) is 11.9 Å². The van der Waals surface area contributed by atoms with Crippen molar-refractivity contribution in [3.63, 3.8) is 0 Å². The Kier molecular flexibility index (Phi) is 4.99. The minimum atomic E-state index is 0.245. The van der Waals surface area contributed by atoms with Crippen LogP contribution in [0.25, 0.3) is 0 Å². The molecule has 0 radical (unpaired) electrons. The van der Waals surface area contributed by atoms with Gasteiger partial charge in [0, 0.05) is 30.5 Å². The summed E-state index contributed by atoms with van der Waals surface area (Å²) in [6, 6.07) is 6.66. The molecule has 19 heavy (non-hydrogen) atoms. The van der Waals surface area contributed by atoms with Crippen LogP contribution in [0.3, 0.4) is 0 Å². The summed E-state index contributed by atoms with van der Waals surface area (Å²) in [4.78, 5) is 14.1. The van der Waals surface area contributed by atoms with Crippen molar-refractivity contribution in [2.45, 2.75) is 32.2 Å². The van der Waals surface area contributed by atoms with E-state index in [4.69, 9.17) is 0 Å². The molecule has 0 aliphatic carbocycles. The van der Waals surface area contributed by atoms with Gasteiger partial charge in [0.05, 0.1) is 0 Å². The van der Waals surface area contributed by atoms with Crippen molar-refractivity contribution < 1.29 is 4.79 Å². The third kappa shape index (κ3) is 3.80. The zero-order valence-corrected chi connectivity index (χ0v) is 13.2. The van der Waals surface area contributed by atoms with E-state index in [1.54, 1.807) is 0 Å². The fraction of sp³-hybridized carbons (Fsp3) is 0.533. The SMILES string of the molecule is Cc1cc(CCC(=O)N(C)[C@H]2CCNC2)ccc1Br. The van der Waals surface area contributed by atoms with Gasteiger partial charge >= 0.3 is 0 Å². The molecule has 1 atom stereocenters. The minimum absolute atomic E-state index is 0.245. The Bertz CT molecular complexity index is 455. The van der Waals surface area contributed by atoms with Gasteiger partial charge in [-0.25, -0.2) is 0 Å². The summed E-state index contributed by atoms with van der Waals surface area (Å²) in [5, 5.41) is 3.30. The third-order valence-corrected chi connectivity index (χ3v) is 4.72. The number of benzene rings is 1. The summed E-state index contributed by atoms with van der Waals surface area (Å²) in [7, 11) is 1.92. The van der Waals surface area contributed by atoms with Crippen LogP contribution < -0.4 is 5.32 Å². The van der Waals surface area contributed by atoms with Crippen molar-refractivity contribution in [3.8, 4) is 0 Å². The molecule has 1 aliphatic heterocycles. The average molecular weight is 325 g/mol. The molecule has 3 nitrogen and oxygen atoms in total. The maximum atomic E-state index is 12.1. The first kappa shape index (κ1) is 14.5. The molecule has 1 heterocycles. The van der Waals surface area contributed by atoms with Gasteiger partial charge in [-0.3, -0.25) is 4.79 Å². The predicted molar refractivity (Wildman–Crippen MR) is 81.2 cm³/mol. The molecule has 0 unspecified atom stereocenters. The fourth-order valence-corrected chi connectivity index (χ4v) is 2.71. The van der Waals surface area contributed by atoms with Crippen LogP contribution in [0, 0.1) is 6.92 Å². The Morgan fingerprint density at radius 1 is 1.53 bits per heavy atom. The van der Waals surface area contributed by atoms with Crippen LogP contribution >= 0.6 is 15.9 Å². The van der Waals surface area contributed by atoms with E-state index >= 15 is 0 Å². The number of likely N-dealkylation sites (N-methyl/N-ethyl adjacent to an activating group) is 1. The molecule has 0 aromatic heterocycles. The second-order valence-electron chi connectivity index (χ2n) is 5.23. The van der Waals surface area contributed by atoms with Crippen molar-refractivity contribution in [2.75, 3.05) is 20.1 Å². The van der Waals surface area contributed by atoms with Gasteiger partial charge in [0.15, 0.2) is 0 Å². The van der Waals surface area contributed by atoms with Crippen molar-refractivity contribution in [1.29, 1.82) is 0 Å². The minimum Gasteiger partial charge on any atom is -0.341 e. The molecule has 1 aromatic carbocycles. The van der Waals surface area contributed by atoms with Crippen LogP contribution in [0.5, 0.6) is 0 Å². The number of carbonyl (C=O) groups is 1. The number of aryl methyl sites for hydroxylation is 2. The van der Waals surface area contributed by atoms with Crippen LogP contribution in [0.1, 0.15) is 24.0 Å². The summed E-state index contributed by atoms with van der Waals surface area (Å²) in [6.45, 7) is 4.03. The van der Waals surface area contributed by atoms with Gasteiger partial charge in [0.1, 0.15) is 0 Å². The van der Waals surface area contributed by atoms with Gasteiger partial charge in [0.25, 0.3) is 0 Å². The molecule has 0 saturated carbocycles. The van der Waals surface area contributed by atoms with Crippen LogP contribution in [0.4, 0.5) is 0 Å². The Labute approximate surface area is 123 Å². The molecule has 0 spiro atoms. The second-order valence-corrected chi connectivity index (χ2v) is 6.09. The maximum Gasteiger partial charge on any atom is 0.222 e. The fourth-order valence-electron chi connectivity index (χ4n) is 2.46. The molecule has 1 N–H and O–H groups in total. The van der Waals surface area contributed by atoms with Crippen molar-refractivity contribution in [1.82, 2.24) is 10.2 Å². The van der Waals surface area contributed by atoms with Crippen LogP contribution in [0.15, 0.2) is 22.7 Å². The van der Waals surface area contributed by atoms with E-state index in [2.05, 4.69) is 46.4 Å². The van der Waals surface area contributed by atoms with Gasteiger partial charge in [-0.2, -0.15) is 0 Å². The Hall–Kier alpha value is -0.870. The first-order valence-corrected chi connectivity index (χ1v) is 7.58. The summed E-state index contributed by atoms with van der Waals surface area (Å²) in [5.74, 6) is 0.245. The molecule has 1 fully saturated rings. The summed E-state index contributed by atoms with van der Waals surface area (Å²) in [6.07, 6.45) is 2.48. The second kappa shape index (κ2) is 6.53. The number of halogens is 1. The van der Waals surface area contributed by atoms with Crippen molar-refractivity contribution >= 4 is 21.8 Å². The molecule has 1 aliphatic rings. The van der Waals surface area contributed by atoms with Crippen LogP contribution in [-0.4, -0.2) is 37.0 Å². The molecule has 1 amide bonds. The molecule has 0 bridgehead atoms. The van der Waals surface area contributed by atoms with E-state index in [-0.39, 0.29) is 5.91 Å². The number of amides is 1. The lowest BCUT2D eigenvalue weighted by Crippen LogP contribution is -2.38. The average Bonchev–Trinajstić information content (AvgIpc) is 2.93. The number of nitrogens with one attached hydrogen (secondary N) is 1. The van der Waals surface area contributed by atoms with Gasteiger partial charge in [-0.1, -0.05) is 28.1 Å². The first-order valence-electron chi connectivity index (χ1n) is 6.79. The van der Waals surface area contributed by atoms with Gasteiger partial charge in [-0.05, 0) is 43.5 Å². The van der Waals surface area contributed by atoms with E-state index < -0.39 is 0 Å². The number of carbonyl (C=O) groups excluding carboxylic acids is 1. The lowest BCUT2D eigenvalue weighted by Gasteiger charge is -2.23. The first-order chi connectivity index (χ1) is 9.08. The van der Waals surface area contributed by atoms with E-state index in [1.165, 1.54) is 11.1 Å². The Balaban J connectivity index is 1.87. The normalized spacial score (nSPS) is 18.6. The number of hydrogen-bond donors (Lipinski definition) is 1. The lowest BCUT2D eigenvalue weighted by molar-refractivity contribution is -0.131. The summed E-state index contributed by atoms with van der Waals surface area (Å²) >= 11 is 3.50. The Morgan fingerprint density at radius 3 is 2.95 bits per heavy atom. The molecule has 2 rings (SSSR count). The molecule has 4 heteroatoms. The summed E-state index contributed by atoms with van der Waals surface area (Å²) < 4.78 is 1.12. The standard InChI is InChI=1S/C15H21BrN2O/c1-11-9-12(3-5-14(11)16)4-6-15(19)18(2)13-7-8-17-10-13/h3,5,9,13,17H,4,6-8,10H2,1-2H3/t13-/m0/s1. The van der Waals surface area contributed by atoms with E-state index in [0.717, 1.165) is 30.4 Å². The molecular formula is C15H21BrN2O. The van der Waals surface area contributed by atoms with Gasteiger partial charge in [-0.15, -0.1) is 0 Å². The quantitative estimate of drug-likeness (QED) is 0.923. The number of rotatable bonds is 4. The van der Waals surface area contributed by atoms with E-state index in [0.29, 0.717) is 12.5 Å². The zero-order valence-electron chi connectivity index (χ0n) is 11.6. The van der Waals surface area contributed by atoms with Crippen LogP contribution in [0.2, 0.25) is 0 Å². The zero-order chi connectivity index (χ0) is 13.8. The Morgan fingerprint density at radius 2 is 2.32 bits per heavy atom. The molecule has 1 aromatic rings. The monoisotopic (exact) mass is 324 g/mol.